The highest BCUT2D eigenvalue weighted by molar-refractivity contribution is 5.74. The molecule has 0 fully saturated rings. The number of benzene rings is 2. The van der Waals surface area contributed by atoms with E-state index in [4.69, 9.17) is 0 Å². The van der Waals surface area contributed by atoms with Gasteiger partial charge in [-0.15, -0.1) is 0 Å². The van der Waals surface area contributed by atoms with Crippen molar-refractivity contribution in [2.24, 2.45) is 0 Å². The highest BCUT2D eigenvalue weighted by atomic mass is 19.1. The molecule has 0 saturated heterocycles. The van der Waals surface area contributed by atoms with Gasteiger partial charge in [-0.2, -0.15) is 0 Å². The molecule has 0 saturated carbocycles. The van der Waals surface area contributed by atoms with Crippen molar-refractivity contribution in [2.45, 2.75) is 12.5 Å². The van der Waals surface area contributed by atoms with Crippen LogP contribution in [0, 0.1) is 5.82 Å². The second kappa shape index (κ2) is 3.98. The third-order valence-electron chi connectivity index (χ3n) is 4.17. The summed E-state index contributed by atoms with van der Waals surface area (Å²) in [5.74, 6) is -0.179. The summed E-state index contributed by atoms with van der Waals surface area (Å²) in [6, 6.07) is 14.0. The van der Waals surface area contributed by atoms with Crippen LogP contribution in [0.4, 0.5) is 15.8 Å². The first-order valence-electron chi connectivity index (χ1n) is 6.71. The number of fused-ring (bicyclic) bond motifs is 5. The van der Waals surface area contributed by atoms with Gasteiger partial charge in [0, 0.05) is 13.1 Å². The third kappa shape index (κ3) is 1.61. The average Bonchev–Trinajstić information content (AvgIpc) is 2.46. The van der Waals surface area contributed by atoms with Crippen LogP contribution in [0.2, 0.25) is 0 Å². The number of rotatable bonds is 0. The minimum absolute atomic E-state index is 0.179. The Morgan fingerprint density at radius 2 is 2.05 bits per heavy atom. The molecule has 2 heterocycles. The Hall–Kier alpha value is -2.03. The summed E-state index contributed by atoms with van der Waals surface area (Å²) in [4.78, 5) is 2.40. The van der Waals surface area contributed by atoms with Gasteiger partial charge in [0.2, 0.25) is 0 Å². The summed E-state index contributed by atoms with van der Waals surface area (Å²) in [5.41, 5.74) is 4.87. The number of nitrogens with zero attached hydrogens (tertiary/aromatic N) is 1. The Labute approximate surface area is 111 Å². The maximum atomic E-state index is 13.3. The van der Waals surface area contributed by atoms with Crippen LogP contribution in [0.1, 0.15) is 17.2 Å². The van der Waals surface area contributed by atoms with Crippen molar-refractivity contribution in [2.75, 3.05) is 23.3 Å². The molecule has 2 aliphatic heterocycles. The first-order valence-corrected chi connectivity index (χ1v) is 6.71. The van der Waals surface area contributed by atoms with E-state index in [9.17, 15) is 4.39 Å². The first-order chi connectivity index (χ1) is 9.33. The quantitative estimate of drug-likeness (QED) is 0.775. The molecule has 0 aliphatic carbocycles. The molecule has 4 rings (SSSR count). The van der Waals surface area contributed by atoms with Crippen molar-refractivity contribution in [3.8, 4) is 0 Å². The molecule has 96 valence electrons. The van der Waals surface area contributed by atoms with Crippen molar-refractivity contribution < 1.29 is 4.39 Å². The van der Waals surface area contributed by atoms with E-state index < -0.39 is 0 Å². The largest absolute Gasteiger partial charge is 0.381 e. The lowest BCUT2D eigenvalue weighted by Crippen LogP contribution is -2.42. The predicted octanol–water partition coefficient (Wildman–Crippen LogP) is 3.36. The second-order valence-corrected chi connectivity index (χ2v) is 5.20. The number of anilines is 2. The lowest BCUT2D eigenvalue weighted by molar-refractivity contribution is 0.586. The molecule has 0 amide bonds. The highest BCUT2D eigenvalue weighted by Gasteiger charge is 2.31. The smallest absolute Gasteiger partial charge is 0.125 e. The van der Waals surface area contributed by atoms with Crippen LogP contribution < -0.4 is 10.2 Å². The van der Waals surface area contributed by atoms with Crippen LogP contribution in [0.5, 0.6) is 0 Å². The lowest BCUT2D eigenvalue weighted by Gasteiger charge is -2.43. The first kappa shape index (κ1) is 10.9. The minimum atomic E-state index is -0.179. The van der Waals surface area contributed by atoms with Gasteiger partial charge in [0.1, 0.15) is 5.82 Å². The van der Waals surface area contributed by atoms with Crippen LogP contribution >= 0.6 is 0 Å². The van der Waals surface area contributed by atoms with Crippen molar-refractivity contribution >= 4 is 11.4 Å². The third-order valence-corrected chi connectivity index (χ3v) is 4.17. The Morgan fingerprint density at radius 3 is 3.00 bits per heavy atom. The van der Waals surface area contributed by atoms with Gasteiger partial charge in [0.05, 0.1) is 17.4 Å². The van der Waals surface area contributed by atoms with Crippen LogP contribution in [0.15, 0.2) is 42.5 Å². The molecule has 1 N–H and O–H groups in total. The Bertz CT molecular complexity index is 638. The van der Waals surface area contributed by atoms with E-state index >= 15 is 0 Å². The van der Waals surface area contributed by atoms with E-state index in [2.05, 4.69) is 34.5 Å². The normalized spacial score (nSPS) is 20.1. The molecule has 2 aliphatic rings. The van der Waals surface area contributed by atoms with E-state index in [1.807, 2.05) is 6.07 Å². The van der Waals surface area contributed by atoms with Crippen molar-refractivity contribution in [1.82, 2.24) is 0 Å². The number of hydrogen-bond donors (Lipinski definition) is 1. The molecular weight excluding hydrogens is 239 g/mol. The summed E-state index contributed by atoms with van der Waals surface area (Å²) in [7, 11) is 0. The maximum absolute atomic E-state index is 13.3. The lowest BCUT2D eigenvalue weighted by atomic mass is 9.90. The fourth-order valence-corrected chi connectivity index (χ4v) is 3.27. The van der Waals surface area contributed by atoms with Crippen molar-refractivity contribution in [3.63, 3.8) is 0 Å². The van der Waals surface area contributed by atoms with Gasteiger partial charge in [-0.3, -0.25) is 0 Å². The van der Waals surface area contributed by atoms with E-state index in [0.717, 1.165) is 30.9 Å². The highest BCUT2D eigenvalue weighted by Crippen LogP contribution is 2.41. The topological polar surface area (TPSA) is 15.3 Å². The molecule has 2 aromatic rings. The molecule has 1 atom stereocenters. The molecule has 2 nitrogen and oxygen atoms in total. The van der Waals surface area contributed by atoms with Crippen molar-refractivity contribution in [1.29, 1.82) is 0 Å². The van der Waals surface area contributed by atoms with Crippen LogP contribution in [-0.4, -0.2) is 13.1 Å². The van der Waals surface area contributed by atoms with E-state index in [1.54, 1.807) is 12.1 Å². The molecule has 0 bridgehead atoms. The zero-order valence-corrected chi connectivity index (χ0v) is 10.6. The van der Waals surface area contributed by atoms with Gasteiger partial charge in [-0.1, -0.05) is 24.3 Å². The molecule has 3 heteroatoms. The molecule has 0 spiro atoms. The Kier molecular flexibility index (Phi) is 2.28. The molecular formula is C16H15FN2. The van der Waals surface area contributed by atoms with Gasteiger partial charge in [-0.25, -0.2) is 4.39 Å². The van der Waals surface area contributed by atoms with E-state index in [-0.39, 0.29) is 5.82 Å². The monoisotopic (exact) mass is 254 g/mol. The maximum Gasteiger partial charge on any atom is 0.125 e. The van der Waals surface area contributed by atoms with Crippen molar-refractivity contribution in [3.05, 3.63) is 59.4 Å². The van der Waals surface area contributed by atoms with Crippen LogP contribution in [0.25, 0.3) is 0 Å². The Morgan fingerprint density at radius 1 is 1.16 bits per heavy atom. The standard InChI is InChI=1S/C16H15FN2/c17-12-5-6-15-14(9-12)18-10-16-13-4-2-1-3-11(13)7-8-19(15)16/h1-6,9,16,18H,7-8,10H2. The van der Waals surface area contributed by atoms with Crippen LogP contribution in [0.3, 0.4) is 0 Å². The molecule has 19 heavy (non-hydrogen) atoms. The SMILES string of the molecule is Fc1ccc2c(c1)NCC1c3ccccc3CCN21. The fraction of sp³-hybridized carbons (Fsp3) is 0.250. The molecule has 0 radical (unpaired) electrons. The zero-order valence-electron chi connectivity index (χ0n) is 10.6. The summed E-state index contributed by atoms with van der Waals surface area (Å²) in [5, 5.41) is 3.36. The summed E-state index contributed by atoms with van der Waals surface area (Å²) in [6.07, 6.45) is 1.06. The number of nitrogens with one attached hydrogen (secondary N) is 1. The molecule has 2 aromatic carbocycles. The zero-order chi connectivity index (χ0) is 12.8. The predicted molar refractivity (Wildman–Crippen MR) is 75.1 cm³/mol. The molecule has 1 unspecified atom stereocenters. The van der Waals surface area contributed by atoms with Gasteiger partial charge in [-0.05, 0) is 35.7 Å². The minimum Gasteiger partial charge on any atom is -0.381 e. The van der Waals surface area contributed by atoms with Gasteiger partial charge >= 0.3 is 0 Å². The van der Waals surface area contributed by atoms with Gasteiger partial charge in [0.15, 0.2) is 0 Å². The van der Waals surface area contributed by atoms with Gasteiger partial charge < -0.3 is 10.2 Å². The summed E-state index contributed by atoms with van der Waals surface area (Å²) >= 11 is 0. The molecule has 0 aromatic heterocycles. The van der Waals surface area contributed by atoms with Crippen LogP contribution in [-0.2, 0) is 6.42 Å². The summed E-state index contributed by atoms with van der Waals surface area (Å²) in [6.45, 7) is 1.84. The summed E-state index contributed by atoms with van der Waals surface area (Å²) < 4.78 is 13.3. The van der Waals surface area contributed by atoms with E-state index in [1.165, 1.54) is 11.1 Å². The average molecular weight is 254 g/mol. The fourth-order valence-electron chi connectivity index (χ4n) is 3.27. The van der Waals surface area contributed by atoms with Gasteiger partial charge in [0.25, 0.3) is 0 Å². The number of halogens is 1. The number of hydrogen-bond acceptors (Lipinski definition) is 2. The second-order valence-electron chi connectivity index (χ2n) is 5.20. The Balaban J connectivity index is 1.81. The van der Waals surface area contributed by atoms with E-state index in [0.29, 0.717) is 6.04 Å².